The van der Waals surface area contributed by atoms with E-state index in [1.165, 1.54) is 17.5 Å². The number of benzene rings is 1. The van der Waals surface area contributed by atoms with E-state index in [0.29, 0.717) is 6.04 Å². The molecule has 4 nitrogen and oxygen atoms in total. The molecule has 5 heteroatoms. The van der Waals surface area contributed by atoms with Crippen molar-refractivity contribution in [2.24, 2.45) is 0 Å². The summed E-state index contributed by atoms with van der Waals surface area (Å²) in [7, 11) is 0. The number of rotatable bonds is 3. The first-order valence-electron chi connectivity index (χ1n) is 6.77. The number of nitrogens with one attached hydrogen (secondary N) is 1. The van der Waals surface area contributed by atoms with Gasteiger partial charge in [0.15, 0.2) is 0 Å². The van der Waals surface area contributed by atoms with Crippen LogP contribution in [0.5, 0.6) is 0 Å². The van der Waals surface area contributed by atoms with Crippen LogP contribution in [0.1, 0.15) is 30.0 Å². The molecule has 1 aliphatic carbocycles. The number of thioether (sulfide) groups is 1. The van der Waals surface area contributed by atoms with Crippen LogP contribution in [0.3, 0.4) is 0 Å². The lowest BCUT2D eigenvalue weighted by atomic mass is 9.87. The van der Waals surface area contributed by atoms with Crippen LogP contribution in [0.25, 0.3) is 0 Å². The van der Waals surface area contributed by atoms with Crippen molar-refractivity contribution in [2.75, 3.05) is 17.3 Å². The molecule has 2 aromatic rings. The van der Waals surface area contributed by atoms with E-state index >= 15 is 0 Å². The van der Waals surface area contributed by atoms with Gasteiger partial charge in [-0.3, -0.25) is 0 Å². The lowest BCUT2D eigenvalue weighted by molar-refractivity contribution is 0.598. The molecule has 0 fully saturated rings. The summed E-state index contributed by atoms with van der Waals surface area (Å²) >= 11 is 1.62. The highest BCUT2D eigenvalue weighted by molar-refractivity contribution is 7.98. The molecule has 0 saturated heterocycles. The quantitative estimate of drug-likeness (QED) is 0.515. The molecule has 3 N–H and O–H groups in total. The Morgan fingerprint density at radius 2 is 2.20 bits per heavy atom. The Morgan fingerprint density at radius 1 is 1.30 bits per heavy atom. The van der Waals surface area contributed by atoms with E-state index in [-0.39, 0.29) is 0 Å². The second kappa shape index (κ2) is 5.71. The highest BCUT2D eigenvalue weighted by atomic mass is 32.2. The van der Waals surface area contributed by atoms with Gasteiger partial charge in [0.1, 0.15) is 17.2 Å². The zero-order chi connectivity index (χ0) is 13.9. The normalized spacial score (nSPS) is 17.6. The van der Waals surface area contributed by atoms with Crippen molar-refractivity contribution in [3.8, 4) is 0 Å². The highest BCUT2D eigenvalue weighted by Crippen LogP contribution is 2.33. The highest BCUT2D eigenvalue weighted by Gasteiger charge is 2.20. The second-order valence-electron chi connectivity index (χ2n) is 4.99. The molecular weight excluding hydrogens is 268 g/mol. The summed E-state index contributed by atoms with van der Waals surface area (Å²) in [5.74, 6) is 0.888. The van der Waals surface area contributed by atoms with Crippen LogP contribution >= 0.6 is 11.8 Å². The van der Waals surface area contributed by atoms with E-state index < -0.39 is 0 Å². The van der Waals surface area contributed by atoms with E-state index in [1.807, 2.05) is 18.4 Å². The van der Waals surface area contributed by atoms with Crippen molar-refractivity contribution < 1.29 is 0 Å². The molecule has 1 aliphatic rings. The number of hydrogen-bond donors (Lipinski definition) is 2. The summed E-state index contributed by atoms with van der Waals surface area (Å²) in [5.41, 5.74) is 9.41. The van der Waals surface area contributed by atoms with Crippen LogP contribution in [-0.2, 0) is 6.42 Å². The first-order chi connectivity index (χ1) is 9.76. The fraction of sp³-hybridized carbons (Fsp3) is 0.333. The molecule has 1 aromatic heterocycles. The monoisotopic (exact) mass is 286 g/mol. The summed E-state index contributed by atoms with van der Waals surface area (Å²) in [6, 6.07) is 8.51. The van der Waals surface area contributed by atoms with E-state index in [4.69, 9.17) is 5.73 Å². The third kappa shape index (κ3) is 2.72. The minimum Gasteiger partial charge on any atom is -0.399 e. The minimum atomic E-state index is 0.309. The Hall–Kier alpha value is -1.75. The number of nitrogen functional groups attached to an aromatic ring is 1. The van der Waals surface area contributed by atoms with Gasteiger partial charge >= 0.3 is 0 Å². The van der Waals surface area contributed by atoms with E-state index in [9.17, 15) is 0 Å². The number of anilines is 2. The van der Waals surface area contributed by atoms with Gasteiger partial charge in [-0.25, -0.2) is 9.97 Å². The average molecular weight is 286 g/mol. The zero-order valence-electron chi connectivity index (χ0n) is 11.5. The molecule has 1 heterocycles. The van der Waals surface area contributed by atoms with Crippen LogP contribution in [0, 0.1) is 0 Å². The SMILES string of the molecule is CSc1cc(NC2CCCc3cc(N)ccc32)ncn1. The van der Waals surface area contributed by atoms with Crippen molar-refractivity contribution in [1.82, 2.24) is 9.97 Å². The van der Waals surface area contributed by atoms with Gasteiger partial charge in [-0.05, 0) is 48.8 Å². The number of aryl methyl sites for hydroxylation is 1. The fourth-order valence-electron chi connectivity index (χ4n) is 2.69. The van der Waals surface area contributed by atoms with E-state index in [2.05, 4.69) is 27.4 Å². The second-order valence-corrected chi connectivity index (χ2v) is 5.82. The average Bonchev–Trinajstić information content (AvgIpc) is 2.47. The Morgan fingerprint density at radius 3 is 3.05 bits per heavy atom. The zero-order valence-corrected chi connectivity index (χ0v) is 12.3. The third-order valence-corrected chi connectivity index (χ3v) is 4.30. The molecule has 0 bridgehead atoms. The van der Waals surface area contributed by atoms with Gasteiger partial charge in [0, 0.05) is 11.8 Å². The van der Waals surface area contributed by atoms with Gasteiger partial charge in [-0.2, -0.15) is 0 Å². The summed E-state index contributed by atoms with van der Waals surface area (Å²) in [5, 5.41) is 4.51. The molecule has 1 unspecified atom stereocenters. The van der Waals surface area contributed by atoms with Crippen molar-refractivity contribution in [3.63, 3.8) is 0 Å². The lowest BCUT2D eigenvalue weighted by Gasteiger charge is -2.27. The summed E-state index contributed by atoms with van der Waals surface area (Å²) in [6.45, 7) is 0. The Kier molecular flexibility index (Phi) is 3.78. The molecular formula is C15H18N4S. The smallest absolute Gasteiger partial charge is 0.130 e. The molecule has 0 radical (unpaired) electrons. The van der Waals surface area contributed by atoms with E-state index in [0.717, 1.165) is 29.4 Å². The van der Waals surface area contributed by atoms with Gasteiger partial charge in [0.05, 0.1) is 6.04 Å². The minimum absolute atomic E-state index is 0.309. The predicted octanol–water partition coefficient (Wildman–Crippen LogP) is 3.27. The largest absolute Gasteiger partial charge is 0.399 e. The predicted molar refractivity (Wildman–Crippen MR) is 84.0 cm³/mol. The molecule has 0 spiro atoms. The number of nitrogens with zero attached hydrogens (tertiary/aromatic N) is 2. The van der Waals surface area contributed by atoms with Crippen LogP contribution < -0.4 is 11.1 Å². The van der Waals surface area contributed by atoms with Gasteiger partial charge in [0.2, 0.25) is 0 Å². The van der Waals surface area contributed by atoms with Crippen molar-refractivity contribution in [1.29, 1.82) is 0 Å². The summed E-state index contributed by atoms with van der Waals surface area (Å²) < 4.78 is 0. The van der Waals surface area contributed by atoms with Crippen molar-refractivity contribution in [3.05, 3.63) is 41.7 Å². The van der Waals surface area contributed by atoms with Crippen LogP contribution in [0.2, 0.25) is 0 Å². The first-order valence-corrected chi connectivity index (χ1v) is 7.99. The van der Waals surface area contributed by atoms with Crippen molar-refractivity contribution >= 4 is 23.3 Å². The van der Waals surface area contributed by atoms with Gasteiger partial charge in [-0.15, -0.1) is 11.8 Å². The topological polar surface area (TPSA) is 63.8 Å². The molecule has 0 aliphatic heterocycles. The lowest BCUT2D eigenvalue weighted by Crippen LogP contribution is -2.18. The Labute approximate surface area is 123 Å². The standard InChI is InChI=1S/C15H18N4S/c1-20-15-8-14(17-9-18-15)19-13-4-2-3-10-7-11(16)5-6-12(10)13/h5-9,13H,2-4,16H2,1H3,(H,17,18,19). The van der Waals surface area contributed by atoms with E-state index in [1.54, 1.807) is 18.1 Å². The van der Waals surface area contributed by atoms with Gasteiger partial charge in [0.25, 0.3) is 0 Å². The molecule has 0 amide bonds. The van der Waals surface area contributed by atoms with Crippen LogP contribution in [0.4, 0.5) is 11.5 Å². The maximum Gasteiger partial charge on any atom is 0.130 e. The number of nitrogens with two attached hydrogens (primary N) is 1. The van der Waals surface area contributed by atoms with Gasteiger partial charge < -0.3 is 11.1 Å². The molecule has 0 saturated carbocycles. The number of hydrogen-bond acceptors (Lipinski definition) is 5. The van der Waals surface area contributed by atoms with Crippen LogP contribution in [0.15, 0.2) is 35.6 Å². The molecule has 1 atom stereocenters. The summed E-state index contributed by atoms with van der Waals surface area (Å²) in [6.07, 6.45) is 7.04. The molecule has 104 valence electrons. The maximum absolute atomic E-state index is 5.87. The van der Waals surface area contributed by atoms with Crippen molar-refractivity contribution in [2.45, 2.75) is 30.3 Å². The van der Waals surface area contributed by atoms with Gasteiger partial charge in [-0.1, -0.05) is 6.07 Å². The molecule has 20 heavy (non-hydrogen) atoms. The third-order valence-electron chi connectivity index (χ3n) is 3.65. The number of fused-ring (bicyclic) bond motifs is 1. The summed E-state index contributed by atoms with van der Waals surface area (Å²) in [4.78, 5) is 8.51. The fourth-order valence-corrected chi connectivity index (χ4v) is 3.07. The Bertz CT molecular complexity index is 615. The molecule has 1 aromatic carbocycles. The van der Waals surface area contributed by atoms with Crippen LogP contribution in [-0.4, -0.2) is 16.2 Å². The number of aromatic nitrogens is 2. The molecule has 3 rings (SSSR count). The Balaban J connectivity index is 1.85. The maximum atomic E-state index is 5.87. The first kappa shape index (κ1) is 13.2.